The first-order chi connectivity index (χ1) is 47.5. The van der Waals surface area contributed by atoms with Gasteiger partial charge in [0.25, 0.3) is 0 Å². The molecule has 10 aliphatic carbocycles. The highest BCUT2D eigenvalue weighted by Gasteiger charge is 2.52. The first kappa shape index (κ1) is 84.5. The molecule has 19 atom stereocenters. The third-order valence-corrected chi connectivity index (χ3v) is 29.2. The molecule has 3 N–H and O–H groups in total. The molecule has 0 amide bonds. The number of rotatable bonds is 30. The van der Waals surface area contributed by atoms with Crippen LogP contribution in [0.25, 0.3) is 0 Å². The predicted molar refractivity (Wildman–Crippen MR) is 401 cm³/mol. The minimum atomic E-state index is -0.946. The highest BCUT2D eigenvalue weighted by atomic mass is 16.6. The van der Waals surface area contributed by atoms with E-state index in [9.17, 15) is 39.3 Å². The van der Waals surface area contributed by atoms with E-state index in [0.29, 0.717) is 59.2 Å². The fraction of sp³-hybridized carbons (Fsp3) is 0.943. The highest BCUT2D eigenvalue weighted by molar-refractivity contribution is 5.73. The number of hydrogen-bond donors (Lipinski definition) is 3. The Morgan fingerprint density at radius 2 is 0.990 bits per heavy atom. The van der Waals surface area contributed by atoms with E-state index in [2.05, 4.69) is 83.1 Å². The molecular formula is C87H152O13. The summed E-state index contributed by atoms with van der Waals surface area (Å²) in [6, 6.07) is 0. The van der Waals surface area contributed by atoms with Gasteiger partial charge in [-0.1, -0.05) is 140 Å². The van der Waals surface area contributed by atoms with E-state index in [1.54, 1.807) is 0 Å². The van der Waals surface area contributed by atoms with Crippen molar-refractivity contribution >= 4 is 29.8 Å². The summed E-state index contributed by atoms with van der Waals surface area (Å²) < 4.78 is 29.6. The Morgan fingerprint density at radius 3 is 1.52 bits per heavy atom. The number of carbonyl (C=O) groups is 5. The molecule has 13 nitrogen and oxygen atoms in total. The molecule has 0 aromatic rings. The van der Waals surface area contributed by atoms with Gasteiger partial charge in [0.2, 0.25) is 0 Å². The van der Waals surface area contributed by atoms with Gasteiger partial charge < -0.3 is 39.0 Å². The van der Waals surface area contributed by atoms with Crippen molar-refractivity contribution in [2.45, 2.75) is 426 Å². The average Bonchev–Trinajstić information content (AvgIpc) is 1.62. The minimum absolute atomic E-state index is 0.138. The SMILES string of the molecule is CCC1CC(CC)C(C(C)(O)CC(=O)OC2(C(C)C)CCCC2)C1.CCC1CC(CC)C(C(CC(=O)OC2(CC)CCCC2)OC(C)=O)C1.CCC1CC(CC)C(CC(C)(O)CC(=O)OC2(C3CCCC3)CCCC2)C1.CCC1CC(CC)C(CC(O)CC(=O)OC2(C)CC3CCC2C3)C1. The maximum absolute atomic E-state index is 12.8. The van der Waals surface area contributed by atoms with Crippen LogP contribution in [0.1, 0.15) is 380 Å². The summed E-state index contributed by atoms with van der Waals surface area (Å²) in [5.74, 6) is 8.30. The Hall–Kier alpha value is -2.77. The largest absolute Gasteiger partial charge is 0.462 e. The molecule has 0 spiro atoms. The molecule has 0 aliphatic heterocycles. The van der Waals surface area contributed by atoms with Gasteiger partial charge in [-0.3, -0.25) is 24.0 Å². The lowest BCUT2D eigenvalue weighted by Gasteiger charge is -2.37. The van der Waals surface area contributed by atoms with Crippen molar-refractivity contribution in [3.63, 3.8) is 0 Å². The van der Waals surface area contributed by atoms with Gasteiger partial charge in [-0.05, 0) is 302 Å². The predicted octanol–water partition coefficient (Wildman–Crippen LogP) is 20.9. The normalized spacial score (nSPS) is 34.2. The number of esters is 5. The van der Waals surface area contributed by atoms with Crippen LogP contribution in [0.15, 0.2) is 0 Å². The molecular weight excluding hydrogens is 1250 g/mol. The average molecular weight is 1410 g/mol. The van der Waals surface area contributed by atoms with Crippen LogP contribution in [0.4, 0.5) is 0 Å². The first-order valence-corrected chi connectivity index (χ1v) is 42.6. The lowest BCUT2D eigenvalue weighted by Crippen LogP contribution is -2.43. The molecule has 10 fully saturated rings. The van der Waals surface area contributed by atoms with Gasteiger partial charge in [0, 0.05) is 6.92 Å². The second-order valence-electron chi connectivity index (χ2n) is 36.5. The molecule has 10 aliphatic rings. The molecule has 13 heteroatoms. The quantitative estimate of drug-likeness (QED) is 0.0455. The van der Waals surface area contributed by atoms with Crippen molar-refractivity contribution in [3.05, 3.63) is 0 Å². The lowest BCUT2D eigenvalue weighted by atomic mass is 9.78. The fourth-order valence-electron chi connectivity index (χ4n) is 23.0. The Balaban J connectivity index is 0.000000187. The summed E-state index contributed by atoms with van der Waals surface area (Å²) in [7, 11) is 0. The number of hydrogen-bond acceptors (Lipinski definition) is 13. The second-order valence-corrected chi connectivity index (χ2v) is 36.5. The van der Waals surface area contributed by atoms with E-state index in [0.717, 1.165) is 146 Å². The van der Waals surface area contributed by atoms with Crippen LogP contribution in [0, 0.1) is 94.7 Å². The molecule has 0 heterocycles. The fourth-order valence-corrected chi connectivity index (χ4v) is 23.0. The molecule has 578 valence electrons. The molecule has 0 radical (unpaired) electrons. The van der Waals surface area contributed by atoms with Gasteiger partial charge in [-0.15, -0.1) is 0 Å². The van der Waals surface area contributed by atoms with Gasteiger partial charge in [-0.2, -0.15) is 0 Å². The third kappa shape index (κ3) is 23.1. The molecule has 0 saturated heterocycles. The van der Waals surface area contributed by atoms with Crippen LogP contribution in [0.2, 0.25) is 0 Å². The Morgan fingerprint density at radius 1 is 0.490 bits per heavy atom. The van der Waals surface area contributed by atoms with Gasteiger partial charge in [-0.25, -0.2) is 0 Å². The van der Waals surface area contributed by atoms with Crippen LogP contribution < -0.4 is 0 Å². The van der Waals surface area contributed by atoms with E-state index >= 15 is 0 Å². The Labute approximate surface area is 610 Å². The zero-order valence-corrected chi connectivity index (χ0v) is 66.7. The van der Waals surface area contributed by atoms with E-state index < -0.39 is 17.3 Å². The maximum Gasteiger partial charge on any atom is 0.310 e. The first-order valence-electron chi connectivity index (χ1n) is 42.6. The van der Waals surface area contributed by atoms with Crippen molar-refractivity contribution in [3.8, 4) is 0 Å². The van der Waals surface area contributed by atoms with Crippen molar-refractivity contribution in [1.29, 1.82) is 0 Å². The van der Waals surface area contributed by atoms with E-state index in [1.807, 2.05) is 13.8 Å². The second kappa shape index (κ2) is 38.7. The molecule has 10 saturated carbocycles. The van der Waals surface area contributed by atoms with Crippen molar-refractivity contribution in [2.75, 3.05) is 0 Å². The summed E-state index contributed by atoms with van der Waals surface area (Å²) in [6.07, 6.45) is 43.6. The molecule has 19 unspecified atom stereocenters. The van der Waals surface area contributed by atoms with Crippen LogP contribution >= 0.6 is 0 Å². The van der Waals surface area contributed by atoms with Crippen LogP contribution in [-0.2, 0) is 47.7 Å². The van der Waals surface area contributed by atoms with Gasteiger partial charge in [0.1, 0.15) is 28.5 Å². The van der Waals surface area contributed by atoms with Crippen molar-refractivity contribution in [1.82, 2.24) is 0 Å². The zero-order valence-electron chi connectivity index (χ0n) is 66.7. The summed E-state index contributed by atoms with van der Waals surface area (Å²) in [6.45, 7) is 31.6. The van der Waals surface area contributed by atoms with E-state index in [4.69, 9.17) is 23.7 Å². The Bertz CT molecular complexity index is 2480. The zero-order chi connectivity index (χ0) is 73.2. The van der Waals surface area contributed by atoms with Gasteiger partial charge in [0.15, 0.2) is 0 Å². The Kier molecular flexibility index (Phi) is 32.7. The number of aliphatic hydroxyl groups is 3. The highest BCUT2D eigenvalue weighted by Crippen LogP contribution is 2.54. The topological polar surface area (TPSA) is 192 Å². The molecule has 0 aromatic heterocycles. The minimum Gasteiger partial charge on any atom is -0.462 e. The van der Waals surface area contributed by atoms with E-state index in [-0.39, 0.29) is 95.9 Å². The molecule has 0 aromatic carbocycles. The van der Waals surface area contributed by atoms with Crippen molar-refractivity contribution in [2.24, 2.45) is 94.7 Å². The number of carbonyl (C=O) groups excluding carboxylic acids is 5. The standard InChI is InChI=1S/C24H42O3.C21H36O4.C21H36O3.C21H38O3/c1-4-18-14-19(5-2)20(15-18)16-23(3,26)17-22(25)27-24(12-8-9-13-24)21-10-6-7-11-21;1-5-16-12-17(6-2)18(13-16)19(24-15(4)22)14-20(23)25-21(7-3)10-8-9-11-21;1-4-14-8-16(5-2)17(9-14)11-19(22)12-20(23)24-21(3)13-15-6-7-18(21)10-15;1-6-16-12-17(7-2)18(13-16)20(5,23)14-19(22)24-21(15(3)4)10-8-9-11-21/h18-21,26H,4-17H2,1-3H3;16-19H,5-14H2,1-4H3;14-19,22H,4-13H2,1-3H3;15-18,23H,6-14H2,1-5H3. The van der Waals surface area contributed by atoms with Crippen LogP contribution in [0.3, 0.4) is 0 Å². The number of aliphatic hydroxyl groups excluding tert-OH is 1. The number of fused-ring (bicyclic) bond motifs is 2. The molecule has 100 heavy (non-hydrogen) atoms. The third-order valence-electron chi connectivity index (χ3n) is 29.2. The van der Waals surface area contributed by atoms with Gasteiger partial charge in [0.05, 0.1) is 43.0 Å². The van der Waals surface area contributed by atoms with Crippen molar-refractivity contribution < 1.29 is 63.0 Å². The monoisotopic (exact) mass is 1410 g/mol. The summed E-state index contributed by atoms with van der Waals surface area (Å²) in [5.41, 5.74) is -2.92. The summed E-state index contributed by atoms with van der Waals surface area (Å²) in [5, 5.41) is 32.6. The molecule has 2 bridgehead atoms. The number of ether oxygens (including phenoxy) is 5. The summed E-state index contributed by atoms with van der Waals surface area (Å²) in [4.78, 5) is 62.1. The molecule has 10 rings (SSSR count). The van der Waals surface area contributed by atoms with Gasteiger partial charge >= 0.3 is 29.8 Å². The smallest absolute Gasteiger partial charge is 0.310 e. The lowest BCUT2D eigenvalue weighted by molar-refractivity contribution is -0.172. The maximum atomic E-state index is 12.8. The van der Waals surface area contributed by atoms with E-state index in [1.165, 1.54) is 135 Å². The van der Waals surface area contributed by atoms with Crippen LogP contribution in [0.5, 0.6) is 0 Å². The summed E-state index contributed by atoms with van der Waals surface area (Å²) >= 11 is 0. The van der Waals surface area contributed by atoms with Crippen LogP contribution in [-0.4, -0.2) is 91.0 Å².